The third-order valence-corrected chi connectivity index (χ3v) is 10.9. The summed E-state index contributed by atoms with van der Waals surface area (Å²) in [6.45, 7) is 0. The Bertz CT molecular complexity index is 1260. The van der Waals surface area contributed by atoms with Gasteiger partial charge in [0.05, 0.1) is 0 Å². The molecule has 0 atom stereocenters. The maximum absolute atomic E-state index is 13.0. The fourth-order valence-electron chi connectivity index (χ4n) is 2.97. The van der Waals surface area contributed by atoms with Gasteiger partial charge in [0, 0.05) is 0 Å². The summed E-state index contributed by atoms with van der Waals surface area (Å²) >= 11 is -1.18. The predicted octanol–water partition coefficient (Wildman–Crippen LogP) is 0.880. The first-order chi connectivity index (χ1) is 14.1. The van der Waals surface area contributed by atoms with Gasteiger partial charge in [-0.2, -0.15) is 0 Å². The van der Waals surface area contributed by atoms with Crippen LogP contribution in [0.3, 0.4) is 0 Å². The number of fused-ring (bicyclic) bond motifs is 1. The van der Waals surface area contributed by atoms with Crippen LogP contribution >= 0.6 is 0 Å². The number of halogens is 4. The van der Waals surface area contributed by atoms with Gasteiger partial charge in [0.1, 0.15) is 0 Å². The van der Waals surface area contributed by atoms with Crippen molar-refractivity contribution in [3.63, 3.8) is 0 Å². The molecular formula is C19H17F3IN4O2S-. The van der Waals surface area contributed by atoms with E-state index in [1.807, 2.05) is 12.2 Å². The van der Waals surface area contributed by atoms with Crippen molar-refractivity contribution in [3.8, 4) is 11.5 Å². The van der Waals surface area contributed by atoms with Gasteiger partial charge in [-0.05, 0) is 0 Å². The second-order valence-corrected chi connectivity index (χ2v) is 14.7. The number of hydrogen-bond acceptors (Lipinski definition) is 5. The number of pyridine rings is 2. The summed E-state index contributed by atoms with van der Waals surface area (Å²) < 4.78 is 66.0. The molecule has 1 fully saturated rings. The number of hydrogen-bond donors (Lipinski definition) is 0. The number of aromatic nitrogens is 4. The van der Waals surface area contributed by atoms with E-state index in [1.165, 1.54) is 10.6 Å². The Morgan fingerprint density at radius 1 is 1.23 bits per heavy atom. The number of allylic oxidation sites excluding steroid dienone is 1. The Hall–Kier alpha value is -2.02. The van der Waals surface area contributed by atoms with Gasteiger partial charge in [0.2, 0.25) is 0 Å². The third-order valence-electron chi connectivity index (χ3n) is 4.78. The molecule has 160 valence electrons. The van der Waals surface area contributed by atoms with E-state index >= 15 is 0 Å². The van der Waals surface area contributed by atoms with Crippen molar-refractivity contribution >= 4 is 24.1 Å². The standard InChI is InChI=1S/C19H17F3IN4O2S/c1-23-30(28,29)15-8-7-12(6-5-11-3-4-11)25-17(15)18-26-13-9-16(19(20,21)22)24-10-14(13)27(18)2/h5-11H,3-4H2,1-2H3/q-1/b6-5+. The van der Waals surface area contributed by atoms with Crippen molar-refractivity contribution < 1.29 is 41.4 Å². The van der Waals surface area contributed by atoms with E-state index in [4.69, 9.17) is 0 Å². The average Bonchev–Trinajstić information content (AvgIpc) is 3.48. The van der Waals surface area contributed by atoms with Crippen LogP contribution in [0.4, 0.5) is 13.2 Å². The van der Waals surface area contributed by atoms with Gasteiger partial charge in [0.25, 0.3) is 0 Å². The summed E-state index contributed by atoms with van der Waals surface area (Å²) in [5.74, 6) is 0.701. The van der Waals surface area contributed by atoms with Gasteiger partial charge < -0.3 is 0 Å². The van der Waals surface area contributed by atoms with Crippen LogP contribution in [0.1, 0.15) is 24.2 Å². The zero-order valence-electron chi connectivity index (χ0n) is 16.0. The molecular weight excluding hydrogens is 532 g/mol. The van der Waals surface area contributed by atoms with Crippen LogP contribution in [-0.4, -0.2) is 32.9 Å². The Balaban J connectivity index is 1.91. The van der Waals surface area contributed by atoms with Crippen LogP contribution in [0.5, 0.6) is 0 Å². The molecule has 3 aromatic heterocycles. The molecule has 0 bridgehead atoms. The van der Waals surface area contributed by atoms with E-state index in [2.05, 4.69) is 15.0 Å². The Kier molecular flexibility index (Phi) is 5.37. The summed E-state index contributed by atoms with van der Waals surface area (Å²) in [5, 5.41) is 0. The van der Waals surface area contributed by atoms with Crippen LogP contribution < -0.4 is 19.8 Å². The van der Waals surface area contributed by atoms with E-state index < -0.39 is 38.7 Å². The van der Waals surface area contributed by atoms with E-state index in [0.717, 1.165) is 25.1 Å². The van der Waals surface area contributed by atoms with Gasteiger partial charge in [-0.1, -0.05) is 0 Å². The maximum atomic E-state index is 13.0. The van der Waals surface area contributed by atoms with Crippen LogP contribution in [0.15, 0.2) is 35.4 Å². The zero-order chi connectivity index (χ0) is 21.7. The van der Waals surface area contributed by atoms with Gasteiger partial charge in [-0.25, -0.2) is 0 Å². The molecule has 0 amide bonds. The van der Waals surface area contributed by atoms with Crippen LogP contribution in [0.25, 0.3) is 28.6 Å². The summed E-state index contributed by atoms with van der Waals surface area (Å²) in [6.07, 6.45) is 2.60. The third kappa shape index (κ3) is 4.09. The van der Waals surface area contributed by atoms with Gasteiger partial charge in [-0.3, -0.25) is 0 Å². The molecule has 0 saturated heterocycles. The van der Waals surface area contributed by atoms with E-state index in [0.29, 0.717) is 17.1 Å². The van der Waals surface area contributed by atoms with Gasteiger partial charge >= 0.3 is 180 Å². The first kappa shape index (κ1) is 21.2. The zero-order valence-corrected chi connectivity index (χ0v) is 19.0. The van der Waals surface area contributed by atoms with Crippen molar-refractivity contribution in [2.45, 2.75) is 23.9 Å². The monoisotopic (exact) mass is 549 g/mol. The fraction of sp³-hybridized carbons (Fsp3) is 0.316. The van der Waals surface area contributed by atoms with Gasteiger partial charge in [0.15, 0.2) is 0 Å². The molecule has 0 N–H and O–H groups in total. The van der Waals surface area contributed by atoms with Crippen LogP contribution in [0.2, 0.25) is 0 Å². The fourth-order valence-corrected chi connectivity index (χ4v) is 6.23. The van der Waals surface area contributed by atoms with Crippen molar-refractivity contribution in [3.05, 3.63) is 41.9 Å². The molecule has 3 heterocycles. The molecule has 0 aromatic carbocycles. The number of imidazole rings is 1. The number of rotatable bonds is 5. The molecule has 6 nitrogen and oxygen atoms in total. The van der Waals surface area contributed by atoms with E-state index in [9.17, 15) is 21.6 Å². The molecule has 30 heavy (non-hydrogen) atoms. The number of aryl methyl sites for hydroxylation is 1. The number of alkyl halides is 4. The summed E-state index contributed by atoms with van der Waals surface area (Å²) in [5.41, 5.74) is 0.0902. The number of nitrogens with zero attached hydrogens (tertiary/aromatic N) is 4. The van der Waals surface area contributed by atoms with Crippen molar-refractivity contribution in [2.24, 2.45) is 13.0 Å². The molecule has 0 unspecified atom stereocenters. The summed E-state index contributed by atoms with van der Waals surface area (Å²) in [4.78, 5) is 14.0. The van der Waals surface area contributed by atoms with Crippen LogP contribution in [-0.2, 0) is 20.2 Å². The second-order valence-electron chi connectivity index (χ2n) is 6.92. The first-order valence-electron chi connectivity index (χ1n) is 8.96. The minimum absolute atomic E-state index is 0.0452. The van der Waals surface area contributed by atoms with E-state index in [1.54, 1.807) is 18.0 Å². The molecule has 0 spiro atoms. The molecule has 1 aliphatic rings. The molecule has 4 rings (SSSR count). The van der Waals surface area contributed by atoms with Crippen molar-refractivity contribution in [2.75, 3.05) is 4.93 Å². The molecule has 1 aliphatic carbocycles. The SMILES string of the molecule is C[I-]S(=O)(=O)c1ccc(/C=C/C2CC2)nc1-c1nc2cc(C(F)(F)F)ncc2n1C. The molecule has 0 radical (unpaired) electrons. The van der Waals surface area contributed by atoms with Crippen molar-refractivity contribution in [1.82, 2.24) is 19.5 Å². The predicted molar refractivity (Wildman–Crippen MR) is 102 cm³/mol. The second kappa shape index (κ2) is 7.59. The molecule has 11 heteroatoms. The van der Waals surface area contributed by atoms with E-state index in [-0.39, 0.29) is 21.9 Å². The Labute approximate surface area is 179 Å². The minimum atomic E-state index is -4.60. The normalized spacial score (nSPS) is 15.5. The first-order valence-corrected chi connectivity index (χ1v) is 15.1. The quantitative estimate of drug-likeness (QED) is 0.269. The summed E-state index contributed by atoms with van der Waals surface area (Å²) in [7, 11) is -1.92. The molecule has 0 aliphatic heterocycles. The van der Waals surface area contributed by atoms with Gasteiger partial charge in [-0.15, -0.1) is 0 Å². The van der Waals surface area contributed by atoms with Crippen LogP contribution in [0, 0.1) is 5.92 Å². The van der Waals surface area contributed by atoms with Crippen molar-refractivity contribution in [1.29, 1.82) is 0 Å². The molecule has 3 aromatic rings. The molecule has 1 saturated carbocycles. The topological polar surface area (TPSA) is 77.7 Å². The Morgan fingerprint density at radius 3 is 2.60 bits per heavy atom. The summed E-state index contributed by atoms with van der Waals surface area (Å²) in [6, 6.07) is 4.00. The average molecular weight is 549 g/mol. The Morgan fingerprint density at radius 2 is 1.97 bits per heavy atom.